The molecule has 0 spiro atoms. The lowest BCUT2D eigenvalue weighted by Crippen LogP contribution is -2.26. The molecule has 1 aromatic heterocycles. The average molecular weight is 229 g/mol. The summed E-state index contributed by atoms with van der Waals surface area (Å²) in [4.78, 5) is 22.9. The Morgan fingerprint density at radius 3 is 2.76 bits per heavy atom. The Bertz CT molecular complexity index is 655. The molecule has 0 atom stereocenters. The van der Waals surface area contributed by atoms with E-state index in [1.54, 1.807) is 24.3 Å². The number of aromatic nitrogens is 1. The number of para-hydroxylation sites is 1. The van der Waals surface area contributed by atoms with Gasteiger partial charge in [-0.05, 0) is 17.5 Å². The molecule has 0 saturated heterocycles. The van der Waals surface area contributed by atoms with Crippen molar-refractivity contribution in [3.05, 3.63) is 58.9 Å². The molecule has 17 heavy (non-hydrogen) atoms. The van der Waals surface area contributed by atoms with Crippen LogP contribution < -0.4 is 5.56 Å². The number of carboxylic acids is 1. The lowest BCUT2D eigenvalue weighted by Gasteiger charge is -2.09. The molecule has 1 N–H and O–H groups in total. The van der Waals surface area contributed by atoms with Crippen molar-refractivity contribution in [1.29, 1.82) is 0 Å². The molecule has 0 aliphatic rings. The van der Waals surface area contributed by atoms with E-state index >= 15 is 0 Å². The maximum absolute atomic E-state index is 11.9. The van der Waals surface area contributed by atoms with Crippen molar-refractivity contribution in [3.8, 4) is 0 Å². The first-order valence-electron chi connectivity index (χ1n) is 5.12. The smallest absolute Gasteiger partial charge is 0.341 e. The molecule has 0 amide bonds. The molecule has 2 rings (SSSR count). The standard InChI is InChI=1S/C13H11NO3/c1-2-7-14-11-6-4-3-5-9(11)8-10(12(14)15)13(16)17/h2-6,8H,1,7H2,(H,16,17). The summed E-state index contributed by atoms with van der Waals surface area (Å²) in [6.45, 7) is 3.86. The highest BCUT2D eigenvalue weighted by Gasteiger charge is 2.13. The molecule has 0 aliphatic carbocycles. The van der Waals surface area contributed by atoms with Crippen LogP contribution in [-0.2, 0) is 6.54 Å². The van der Waals surface area contributed by atoms with Crippen molar-refractivity contribution >= 4 is 16.9 Å². The van der Waals surface area contributed by atoms with Crippen molar-refractivity contribution in [2.24, 2.45) is 0 Å². The Balaban J connectivity index is 2.90. The van der Waals surface area contributed by atoms with Crippen molar-refractivity contribution in [1.82, 2.24) is 4.57 Å². The van der Waals surface area contributed by atoms with Gasteiger partial charge in [-0.1, -0.05) is 24.3 Å². The average Bonchev–Trinajstić information content (AvgIpc) is 2.32. The van der Waals surface area contributed by atoms with Crippen LogP contribution in [0.15, 0.2) is 47.8 Å². The van der Waals surface area contributed by atoms with Gasteiger partial charge in [-0.15, -0.1) is 6.58 Å². The molecule has 0 bridgehead atoms. The lowest BCUT2D eigenvalue weighted by atomic mass is 10.1. The Morgan fingerprint density at radius 1 is 1.41 bits per heavy atom. The van der Waals surface area contributed by atoms with Crippen molar-refractivity contribution in [2.75, 3.05) is 0 Å². The van der Waals surface area contributed by atoms with Crippen LogP contribution in [0.25, 0.3) is 10.9 Å². The van der Waals surface area contributed by atoms with Crippen LogP contribution in [0.4, 0.5) is 0 Å². The van der Waals surface area contributed by atoms with Gasteiger partial charge in [-0.2, -0.15) is 0 Å². The van der Waals surface area contributed by atoms with Gasteiger partial charge in [-0.3, -0.25) is 4.79 Å². The Labute approximate surface area is 97.4 Å². The monoisotopic (exact) mass is 229 g/mol. The fraction of sp³-hybridized carbons (Fsp3) is 0.0769. The first-order valence-corrected chi connectivity index (χ1v) is 5.12. The molecular formula is C13H11NO3. The predicted molar refractivity (Wildman–Crippen MR) is 65.4 cm³/mol. The summed E-state index contributed by atoms with van der Waals surface area (Å²) in [5.41, 5.74) is -0.0101. The predicted octanol–water partition coefficient (Wildman–Crippen LogP) is 1.89. The third-order valence-electron chi connectivity index (χ3n) is 2.55. The second kappa shape index (κ2) is 4.25. The van der Waals surface area contributed by atoms with E-state index in [9.17, 15) is 9.59 Å². The number of carboxylic acid groups (broad SMARTS) is 1. The molecule has 0 fully saturated rings. The molecule has 0 radical (unpaired) electrons. The van der Waals surface area contributed by atoms with Crippen molar-refractivity contribution in [3.63, 3.8) is 0 Å². The third kappa shape index (κ3) is 1.85. The number of hydrogen-bond donors (Lipinski definition) is 1. The highest BCUT2D eigenvalue weighted by atomic mass is 16.4. The summed E-state index contributed by atoms with van der Waals surface area (Å²) in [5, 5.41) is 9.71. The Kier molecular flexibility index (Phi) is 2.78. The summed E-state index contributed by atoms with van der Waals surface area (Å²) < 4.78 is 1.41. The van der Waals surface area contributed by atoms with E-state index in [1.165, 1.54) is 10.6 Å². The number of hydrogen-bond acceptors (Lipinski definition) is 2. The summed E-state index contributed by atoms with van der Waals surface area (Å²) in [7, 11) is 0. The number of allylic oxidation sites excluding steroid dienone is 1. The van der Waals surface area contributed by atoms with E-state index in [1.807, 2.05) is 6.07 Å². The first kappa shape index (κ1) is 11.1. The zero-order valence-corrected chi connectivity index (χ0v) is 9.09. The molecule has 1 aromatic carbocycles. The van der Waals surface area contributed by atoms with Gasteiger partial charge in [0, 0.05) is 6.54 Å². The number of aromatic carboxylic acids is 1. The molecular weight excluding hydrogens is 218 g/mol. The molecule has 4 heteroatoms. The third-order valence-corrected chi connectivity index (χ3v) is 2.55. The summed E-state index contributed by atoms with van der Waals surface area (Å²) in [5.74, 6) is -1.21. The van der Waals surface area contributed by atoms with E-state index in [0.29, 0.717) is 12.1 Å². The molecule has 1 heterocycles. The lowest BCUT2D eigenvalue weighted by molar-refractivity contribution is 0.0694. The zero-order chi connectivity index (χ0) is 12.4. The molecule has 86 valence electrons. The van der Waals surface area contributed by atoms with Crippen molar-refractivity contribution < 1.29 is 9.90 Å². The van der Waals surface area contributed by atoms with Crippen LogP contribution in [-0.4, -0.2) is 15.6 Å². The number of fused-ring (bicyclic) bond motifs is 1. The van der Waals surface area contributed by atoms with Gasteiger partial charge in [-0.25, -0.2) is 4.79 Å². The number of carbonyl (C=O) groups is 1. The minimum Gasteiger partial charge on any atom is -0.477 e. The topological polar surface area (TPSA) is 59.3 Å². The fourth-order valence-corrected chi connectivity index (χ4v) is 1.79. The highest BCUT2D eigenvalue weighted by molar-refractivity contribution is 5.92. The number of benzene rings is 1. The van der Waals surface area contributed by atoms with Gasteiger partial charge >= 0.3 is 5.97 Å². The molecule has 0 unspecified atom stereocenters. The van der Waals surface area contributed by atoms with Gasteiger partial charge < -0.3 is 9.67 Å². The Morgan fingerprint density at radius 2 is 2.12 bits per heavy atom. The number of rotatable bonds is 3. The second-order valence-electron chi connectivity index (χ2n) is 3.63. The maximum atomic E-state index is 11.9. The van der Waals surface area contributed by atoms with Crippen LogP contribution in [0.2, 0.25) is 0 Å². The van der Waals surface area contributed by atoms with E-state index in [4.69, 9.17) is 5.11 Å². The zero-order valence-electron chi connectivity index (χ0n) is 9.09. The molecule has 0 saturated carbocycles. The summed E-state index contributed by atoms with van der Waals surface area (Å²) in [6, 6.07) is 8.57. The van der Waals surface area contributed by atoms with Crippen LogP contribution >= 0.6 is 0 Å². The maximum Gasteiger partial charge on any atom is 0.341 e. The second-order valence-corrected chi connectivity index (χ2v) is 3.63. The Hall–Kier alpha value is -2.36. The van der Waals surface area contributed by atoms with Gasteiger partial charge in [0.05, 0.1) is 5.52 Å². The SMILES string of the molecule is C=CCn1c(=O)c(C(=O)O)cc2ccccc21. The van der Waals surface area contributed by atoms with Gasteiger partial charge in [0.2, 0.25) is 0 Å². The first-order chi connectivity index (χ1) is 8.15. The quantitative estimate of drug-likeness (QED) is 0.817. The normalized spacial score (nSPS) is 10.4. The van der Waals surface area contributed by atoms with Crippen LogP contribution in [0.3, 0.4) is 0 Å². The molecule has 4 nitrogen and oxygen atoms in total. The molecule has 2 aromatic rings. The van der Waals surface area contributed by atoms with Crippen LogP contribution in [0, 0.1) is 0 Å². The molecule has 0 aliphatic heterocycles. The number of pyridine rings is 1. The minimum absolute atomic E-state index is 0.217. The fourth-order valence-electron chi connectivity index (χ4n) is 1.79. The van der Waals surface area contributed by atoms with Crippen molar-refractivity contribution in [2.45, 2.75) is 6.54 Å². The van der Waals surface area contributed by atoms with E-state index < -0.39 is 11.5 Å². The van der Waals surface area contributed by atoms with Gasteiger partial charge in [0.25, 0.3) is 5.56 Å². The van der Waals surface area contributed by atoms with E-state index in [2.05, 4.69) is 6.58 Å². The van der Waals surface area contributed by atoms with E-state index in [0.717, 1.165) is 5.39 Å². The highest BCUT2D eigenvalue weighted by Crippen LogP contribution is 2.13. The van der Waals surface area contributed by atoms with Gasteiger partial charge in [0.1, 0.15) is 5.56 Å². The van der Waals surface area contributed by atoms with Crippen LogP contribution in [0.5, 0.6) is 0 Å². The van der Waals surface area contributed by atoms with E-state index in [-0.39, 0.29) is 5.56 Å². The number of nitrogens with zero attached hydrogens (tertiary/aromatic N) is 1. The van der Waals surface area contributed by atoms with Crippen LogP contribution in [0.1, 0.15) is 10.4 Å². The summed E-state index contributed by atoms with van der Waals surface area (Å²) in [6.07, 6.45) is 1.57. The van der Waals surface area contributed by atoms with Gasteiger partial charge in [0.15, 0.2) is 0 Å². The summed E-state index contributed by atoms with van der Waals surface area (Å²) >= 11 is 0. The largest absolute Gasteiger partial charge is 0.477 e. The minimum atomic E-state index is -1.21.